The molecule has 0 fully saturated rings. The Morgan fingerprint density at radius 2 is 1.79 bits per heavy atom. The standard InChI is InChI=1S/C11H18O2Si/c1-9(12)13-10-7-5-6-8-11(10)14(2,3)4/h5-9,12H,1-4H3. The highest BCUT2D eigenvalue weighted by molar-refractivity contribution is 6.89. The Morgan fingerprint density at radius 3 is 2.29 bits per heavy atom. The van der Waals surface area contributed by atoms with E-state index in [0.29, 0.717) is 0 Å². The summed E-state index contributed by atoms with van der Waals surface area (Å²) in [5, 5.41) is 10.4. The summed E-state index contributed by atoms with van der Waals surface area (Å²) < 4.78 is 5.36. The normalized spacial score (nSPS) is 13.8. The largest absolute Gasteiger partial charge is 0.466 e. The minimum Gasteiger partial charge on any atom is -0.466 e. The van der Waals surface area contributed by atoms with Crippen molar-refractivity contribution in [3.8, 4) is 5.75 Å². The third-order valence-electron chi connectivity index (χ3n) is 1.99. The van der Waals surface area contributed by atoms with E-state index in [-0.39, 0.29) is 0 Å². The van der Waals surface area contributed by atoms with Crippen LogP contribution in [0.1, 0.15) is 6.92 Å². The Labute approximate surface area is 86.5 Å². The number of ether oxygens (including phenoxy) is 1. The second-order valence-corrected chi connectivity index (χ2v) is 9.50. The van der Waals surface area contributed by atoms with Gasteiger partial charge < -0.3 is 9.84 Å². The van der Waals surface area contributed by atoms with Crippen LogP contribution in [0.3, 0.4) is 0 Å². The van der Waals surface area contributed by atoms with Crippen LogP contribution >= 0.6 is 0 Å². The molecule has 0 aliphatic carbocycles. The molecule has 0 bridgehead atoms. The van der Waals surface area contributed by atoms with Crippen LogP contribution in [0.2, 0.25) is 19.6 Å². The van der Waals surface area contributed by atoms with Gasteiger partial charge in [0.1, 0.15) is 5.75 Å². The molecule has 2 nitrogen and oxygen atoms in total. The fraction of sp³-hybridized carbons (Fsp3) is 0.455. The topological polar surface area (TPSA) is 29.5 Å². The van der Waals surface area contributed by atoms with E-state index in [1.165, 1.54) is 5.19 Å². The zero-order chi connectivity index (χ0) is 10.8. The highest BCUT2D eigenvalue weighted by atomic mass is 28.3. The Balaban J connectivity index is 3.04. The van der Waals surface area contributed by atoms with Crippen LogP contribution in [-0.2, 0) is 0 Å². The lowest BCUT2D eigenvalue weighted by molar-refractivity contribution is 0.000453. The Bertz CT molecular complexity index is 302. The number of hydrogen-bond acceptors (Lipinski definition) is 2. The molecular weight excluding hydrogens is 192 g/mol. The number of hydrogen-bond donors (Lipinski definition) is 1. The highest BCUT2D eigenvalue weighted by Crippen LogP contribution is 2.14. The van der Waals surface area contributed by atoms with Crippen molar-refractivity contribution in [3.63, 3.8) is 0 Å². The lowest BCUT2D eigenvalue weighted by Crippen LogP contribution is -2.39. The molecule has 0 amide bonds. The molecule has 0 saturated heterocycles. The van der Waals surface area contributed by atoms with Crippen molar-refractivity contribution in [2.45, 2.75) is 32.9 Å². The van der Waals surface area contributed by atoms with Gasteiger partial charge in [-0.2, -0.15) is 0 Å². The van der Waals surface area contributed by atoms with Gasteiger partial charge in [0.2, 0.25) is 0 Å². The molecule has 1 unspecified atom stereocenters. The molecule has 0 aromatic heterocycles. The monoisotopic (exact) mass is 210 g/mol. The maximum absolute atomic E-state index is 9.19. The van der Waals surface area contributed by atoms with Gasteiger partial charge in [0.05, 0.1) is 8.07 Å². The summed E-state index contributed by atoms with van der Waals surface area (Å²) in [5.74, 6) is 0.821. The summed E-state index contributed by atoms with van der Waals surface area (Å²) in [4.78, 5) is 0. The summed E-state index contributed by atoms with van der Waals surface area (Å²) in [7, 11) is -1.38. The third-order valence-corrected chi connectivity index (χ3v) is 4.02. The van der Waals surface area contributed by atoms with Crippen LogP contribution in [0.15, 0.2) is 24.3 Å². The van der Waals surface area contributed by atoms with Crippen molar-refractivity contribution in [3.05, 3.63) is 24.3 Å². The van der Waals surface area contributed by atoms with E-state index in [9.17, 15) is 5.11 Å². The molecule has 78 valence electrons. The summed E-state index contributed by atoms with van der Waals surface area (Å²) in [6, 6.07) is 7.95. The molecule has 1 rings (SSSR count). The van der Waals surface area contributed by atoms with Gasteiger partial charge in [-0.3, -0.25) is 0 Å². The molecule has 0 spiro atoms. The molecule has 1 atom stereocenters. The van der Waals surface area contributed by atoms with Gasteiger partial charge in [0.25, 0.3) is 0 Å². The van der Waals surface area contributed by atoms with Crippen LogP contribution in [0.4, 0.5) is 0 Å². The van der Waals surface area contributed by atoms with E-state index in [1.807, 2.05) is 18.2 Å². The van der Waals surface area contributed by atoms with Gasteiger partial charge in [0, 0.05) is 0 Å². The zero-order valence-electron chi connectivity index (χ0n) is 9.24. The summed E-state index contributed by atoms with van der Waals surface area (Å²) >= 11 is 0. The Hall–Kier alpha value is -0.803. The van der Waals surface area contributed by atoms with Gasteiger partial charge in [-0.25, -0.2) is 0 Å². The minimum atomic E-state index is -1.38. The van der Waals surface area contributed by atoms with E-state index in [4.69, 9.17) is 4.74 Å². The van der Waals surface area contributed by atoms with E-state index >= 15 is 0 Å². The minimum absolute atomic E-state index is 0.743. The fourth-order valence-corrected chi connectivity index (χ4v) is 2.85. The van der Waals surface area contributed by atoms with Crippen LogP contribution in [0, 0.1) is 0 Å². The second-order valence-electron chi connectivity index (χ2n) is 4.46. The molecule has 0 saturated carbocycles. The summed E-state index contributed by atoms with van der Waals surface area (Å²) in [6.07, 6.45) is -0.743. The SMILES string of the molecule is CC(O)Oc1ccccc1[Si](C)(C)C. The van der Waals surface area contributed by atoms with Crippen LogP contribution in [0.5, 0.6) is 5.75 Å². The number of para-hydroxylation sites is 1. The van der Waals surface area contributed by atoms with Gasteiger partial charge >= 0.3 is 0 Å². The van der Waals surface area contributed by atoms with E-state index in [0.717, 1.165) is 5.75 Å². The first-order valence-corrected chi connectivity index (χ1v) is 8.35. The number of aliphatic hydroxyl groups is 1. The van der Waals surface area contributed by atoms with Crippen molar-refractivity contribution in [1.82, 2.24) is 0 Å². The smallest absolute Gasteiger partial charge is 0.194 e. The Morgan fingerprint density at radius 1 is 1.21 bits per heavy atom. The molecular formula is C11H18O2Si. The quantitative estimate of drug-likeness (QED) is 0.610. The maximum Gasteiger partial charge on any atom is 0.194 e. The van der Waals surface area contributed by atoms with Gasteiger partial charge in [0.15, 0.2) is 6.29 Å². The highest BCUT2D eigenvalue weighted by Gasteiger charge is 2.21. The molecule has 0 aliphatic rings. The maximum atomic E-state index is 9.19. The first kappa shape index (κ1) is 11.3. The molecule has 1 aromatic carbocycles. The number of benzene rings is 1. The number of aliphatic hydroxyl groups excluding tert-OH is 1. The van der Waals surface area contributed by atoms with Crippen molar-refractivity contribution in [2.24, 2.45) is 0 Å². The predicted octanol–water partition coefficient (Wildman–Crippen LogP) is 1.95. The van der Waals surface area contributed by atoms with Crippen LogP contribution < -0.4 is 9.92 Å². The Kier molecular flexibility index (Phi) is 3.34. The van der Waals surface area contributed by atoms with Gasteiger partial charge in [-0.1, -0.05) is 37.8 Å². The van der Waals surface area contributed by atoms with Crippen LogP contribution in [0.25, 0.3) is 0 Å². The zero-order valence-corrected chi connectivity index (χ0v) is 10.2. The molecule has 0 heterocycles. The first-order chi connectivity index (χ1) is 6.41. The summed E-state index contributed by atoms with van der Waals surface area (Å²) in [6.45, 7) is 8.41. The molecule has 0 radical (unpaired) electrons. The van der Waals surface area contributed by atoms with Gasteiger partial charge in [-0.15, -0.1) is 0 Å². The van der Waals surface area contributed by atoms with Crippen molar-refractivity contribution >= 4 is 13.3 Å². The molecule has 1 N–H and O–H groups in total. The molecule has 0 aliphatic heterocycles. The average molecular weight is 210 g/mol. The molecule has 1 aromatic rings. The van der Waals surface area contributed by atoms with E-state index < -0.39 is 14.4 Å². The van der Waals surface area contributed by atoms with Crippen molar-refractivity contribution < 1.29 is 9.84 Å². The van der Waals surface area contributed by atoms with Crippen molar-refractivity contribution in [1.29, 1.82) is 0 Å². The molecule has 3 heteroatoms. The summed E-state index contributed by atoms with van der Waals surface area (Å²) in [5.41, 5.74) is 0. The second kappa shape index (κ2) is 4.15. The van der Waals surface area contributed by atoms with Crippen molar-refractivity contribution in [2.75, 3.05) is 0 Å². The van der Waals surface area contributed by atoms with Gasteiger partial charge in [-0.05, 0) is 18.2 Å². The van der Waals surface area contributed by atoms with E-state index in [2.05, 4.69) is 25.7 Å². The fourth-order valence-electron chi connectivity index (χ4n) is 1.37. The average Bonchev–Trinajstić information content (AvgIpc) is 2.01. The first-order valence-electron chi connectivity index (χ1n) is 4.85. The van der Waals surface area contributed by atoms with E-state index in [1.54, 1.807) is 6.92 Å². The lowest BCUT2D eigenvalue weighted by Gasteiger charge is -2.21. The molecule has 14 heavy (non-hydrogen) atoms. The third kappa shape index (κ3) is 2.85. The lowest BCUT2D eigenvalue weighted by atomic mass is 10.3. The number of rotatable bonds is 3. The van der Waals surface area contributed by atoms with Crippen LogP contribution in [-0.4, -0.2) is 19.5 Å². The predicted molar refractivity (Wildman–Crippen MR) is 61.7 cm³/mol.